The molecule has 11 heavy (non-hydrogen) atoms. The van der Waals surface area contributed by atoms with E-state index in [0.717, 1.165) is 0 Å². The number of hydrogen-bond donors (Lipinski definition) is 0. The van der Waals surface area contributed by atoms with Crippen molar-refractivity contribution in [3.05, 3.63) is 0 Å². The van der Waals surface area contributed by atoms with Crippen LogP contribution in [0, 0.1) is 0 Å². The largest absolute Gasteiger partial charge is 0.846 e. The first-order valence-electron chi connectivity index (χ1n) is 3.64. The molecule has 0 aromatic carbocycles. The fraction of sp³-hybridized carbons (Fsp3) is 0.857. The molecule has 4 nitrogen and oxygen atoms in total. The normalized spacial score (nSPS) is 11.7. The van der Waals surface area contributed by atoms with E-state index in [2.05, 4.69) is 4.99 Å². The van der Waals surface area contributed by atoms with Gasteiger partial charge in [-0.2, -0.15) is 0 Å². The van der Waals surface area contributed by atoms with Gasteiger partial charge in [0.25, 0.3) is 0 Å². The van der Waals surface area contributed by atoms with Crippen LogP contribution in [0.3, 0.4) is 0 Å². The fourth-order valence-corrected chi connectivity index (χ4v) is 0.732. The Morgan fingerprint density at radius 2 is 2.27 bits per heavy atom. The van der Waals surface area contributed by atoms with E-state index in [1.165, 1.54) is 7.05 Å². The number of ether oxygens (including phenoxy) is 1. The maximum atomic E-state index is 11.0. The van der Waals surface area contributed by atoms with Crippen LogP contribution in [0.4, 0.5) is 0 Å². The lowest BCUT2D eigenvalue weighted by Gasteiger charge is -2.27. The summed E-state index contributed by atoms with van der Waals surface area (Å²) >= 11 is 0. The second kappa shape index (κ2) is 5.97. The fourth-order valence-electron chi connectivity index (χ4n) is 0.732. The molecule has 66 valence electrons. The molecular formula is C7H15N2O2-. The zero-order chi connectivity index (χ0) is 8.69. The van der Waals surface area contributed by atoms with Crippen molar-refractivity contribution in [1.82, 2.24) is 4.90 Å². The summed E-state index contributed by atoms with van der Waals surface area (Å²) < 4.78 is 4.83. The molecule has 4 heteroatoms. The molecule has 0 atom stereocenters. The zero-order valence-corrected chi connectivity index (χ0v) is 7.33. The lowest BCUT2D eigenvalue weighted by molar-refractivity contribution is -0.235. The number of nitrogens with zero attached hydrogens (tertiary/aromatic N) is 2. The van der Waals surface area contributed by atoms with Crippen molar-refractivity contribution in [3.63, 3.8) is 0 Å². The van der Waals surface area contributed by atoms with E-state index < -0.39 is 0 Å². The molecule has 0 spiro atoms. The monoisotopic (exact) mass is 159 g/mol. The van der Waals surface area contributed by atoms with Gasteiger partial charge in [0.1, 0.15) is 0 Å². The van der Waals surface area contributed by atoms with Crippen LogP contribution in [0.15, 0.2) is 4.99 Å². The summed E-state index contributed by atoms with van der Waals surface area (Å²) in [7, 11) is 3.11. The SMILES string of the molecule is CCN(CCOC)C([O-])=NC. The van der Waals surface area contributed by atoms with Gasteiger partial charge in [0, 0.05) is 33.3 Å². The molecule has 0 bridgehead atoms. The van der Waals surface area contributed by atoms with Crippen LogP contribution >= 0.6 is 0 Å². The number of aliphatic imine (C=N–C) groups is 1. The minimum absolute atomic E-state index is 0.176. The maximum absolute atomic E-state index is 11.0. The molecule has 0 aliphatic carbocycles. The molecule has 0 saturated heterocycles. The Morgan fingerprint density at radius 1 is 1.64 bits per heavy atom. The van der Waals surface area contributed by atoms with Gasteiger partial charge in [-0.25, -0.2) is 0 Å². The van der Waals surface area contributed by atoms with Gasteiger partial charge in [0.05, 0.1) is 6.61 Å². The van der Waals surface area contributed by atoms with Crippen molar-refractivity contribution < 1.29 is 9.84 Å². The highest BCUT2D eigenvalue weighted by atomic mass is 16.5. The second-order valence-corrected chi connectivity index (χ2v) is 2.08. The number of methoxy groups -OCH3 is 1. The molecule has 0 amide bonds. The van der Waals surface area contributed by atoms with Crippen molar-refractivity contribution >= 4 is 6.02 Å². The average Bonchev–Trinajstić information content (AvgIpc) is 2.05. The molecule has 0 fully saturated rings. The first kappa shape index (κ1) is 10.2. The molecule has 0 rings (SSSR count). The lowest BCUT2D eigenvalue weighted by atomic mass is 10.5. The van der Waals surface area contributed by atoms with E-state index in [1.807, 2.05) is 6.92 Å². The second-order valence-electron chi connectivity index (χ2n) is 2.08. The van der Waals surface area contributed by atoms with E-state index in [4.69, 9.17) is 4.74 Å². The molecule has 0 aromatic heterocycles. The van der Waals surface area contributed by atoms with Crippen LogP contribution in [-0.4, -0.2) is 44.8 Å². The summed E-state index contributed by atoms with van der Waals surface area (Å²) in [4.78, 5) is 5.17. The molecular weight excluding hydrogens is 144 g/mol. The van der Waals surface area contributed by atoms with Gasteiger partial charge in [-0.1, -0.05) is 0 Å². The first-order chi connectivity index (χ1) is 5.26. The van der Waals surface area contributed by atoms with E-state index in [-0.39, 0.29) is 6.02 Å². The van der Waals surface area contributed by atoms with Crippen molar-refractivity contribution in [1.29, 1.82) is 0 Å². The van der Waals surface area contributed by atoms with E-state index in [1.54, 1.807) is 12.0 Å². The van der Waals surface area contributed by atoms with Crippen LogP contribution in [-0.2, 0) is 4.74 Å². The third kappa shape index (κ3) is 3.83. The number of likely N-dealkylation sites (N-methyl/N-ethyl adjacent to an activating group) is 1. The third-order valence-electron chi connectivity index (χ3n) is 1.41. The van der Waals surface area contributed by atoms with E-state index in [0.29, 0.717) is 19.7 Å². The summed E-state index contributed by atoms with van der Waals surface area (Å²) in [5.74, 6) is 0. The van der Waals surface area contributed by atoms with Crippen LogP contribution in [0.5, 0.6) is 0 Å². The summed E-state index contributed by atoms with van der Waals surface area (Å²) in [6, 6.07) is -0.176. The smallest absolute Gasteiger partial charge is 0.0637 e. The summed E-state index contributed by atoms with van der Waals surface area (Å²) in [5, 5.41) is 11.0. The summed E-state index contributed by atoms with van der Waals surface area (Å²) in [5.41, 5.74) is 0. The topological polar surface area (TPSA) is 47.9 Å². The van der Waals surface area contributed by atoms with Gasteiger partial charge >= 0.3 is 0 Å². The van der Waals surface area contributed by atoms with Crippen LogP contribution < -0.4 is 5.11 Å². The van der Waals surface area contributed by atoms with Crippen molar-refractivity contribution in [2.75, 3.05) is 33.9 Å². The Hall–Kier alpha value is -0.770. The Labute approximate surface area is 67.5 Å². The highest BCUT2D eigenvalue weighted by Gasteiger charge is 1.97. The highest BCUT2D eigenvalue weighted by Crippen LogP contribution is 1.86. The maximum Gasteiger partial charge on any atom is 0.0637 e. The van der Waals surface area contributed by atoms with Crippen LogP contribution in [0.25, 0.3) is 0 Å². The van der Waals surface area contributed by atoms with Gasteiger partial charge in [0.15, 0.2) is 0 Å². The molecule has 0 radical (unpaired) electrons. The molecule has 0 heterocycles. The predicted molar refractivity (Wildman–Crippen MR) is 42.5 cm³/mol. The van der Waals surface area contributed by atoms with Crippen LogP contribution in [0.1, 0.15) is 6.92 Å². The number of rotatable bonds is 4. The Balaban J connectivity index is 3.75. The Kier molecular flexibility index (Phi) is 5.56. The predicted octanol–water partition coefficient (Wildman–Crippen LogP) is -0.699. The Morgan fingerprint density at radius 3 is 2.64 bits per heavy atom. The van der Waals surface area contributed by atoms with Crippen molar-refractivity contribution in [3.8, 4) is 0 Å². The van der Waals surface area contributed by atoms with E-state index >= 15 is 0 Å². The quantitative estimate of drug-likeness (QED) is 0.402. The third-order valence-corrected chi connectivity index (χ3v) is 1.41. The first-order valence-corrected chi connectivity index (χ1v) is 3.64. The van der Waals surface area contributed by atoms with Gasteiger partial charge in [0.2, 0.25) is 0 Å². The van der Waals surface area contributed by atoms with Crippen molar-refractivity contribution in [2.24, 2.45) is 4.99 Å². The number of hydrogen-bond acceptors (Lipinski definition) is 3. The lowest BCUT2D eigenvalue weighted by Crippen LogP contribution is -2.41. The minimum Gasteiger partial charge on any atom is -0.846 e. The zero-order valence-electron chi connectivity index (χ0n) is 7.33. The molecule has 0 saturated carbocycles. The molecule has 0 aliphatic rings. The molecule has 0 N–H and O–H groups in total. The number of amidine groups is 1. The van der Waals surface area contributed by atoms with Gasteiger partial charge < -0.3 is 14.7 Å². The summed E-state index contributed by atoms with van der Waals surface area (Å²) in [6.07, 6.45) is 0. The van der Waals surface area contributed by atoms with Gasteiger partial charge in [-0.15, -0.1) is 0 Å². The highest BCUT2D eigenvalue weighted by molar-refractivity contribution is 5.68. The Bertz CT molecular complexity index is 126. The molecule has 0 unspecified atom stereocenters. The molecule has 0 aromatic rings. The van der Waals surface area contributed by atoms with Gasteiger partial charge in [-0.3, -0.25) is 4.99 Å². The van der Waals surface area contributed by atoms with Crippen LogP contribution in [0.2, 0.25) is 0 Å². The standard InChI is InChI=1S/C7H16N2O2/c1-4-9(5-6-11-3)7(10)8-2/h4-6H2,1-3H3,(H,8,10)/p-1. The minimum atomic E-state index is -0.176. The molecule has 0 aliphatic heterocycles. The summed E-state index contributed by atoms with van der Waals surface area (Å²) in [6.45, 7) is 3.77. The average molecular weight is 159 g/mol. The van der Waals surface area contributed by atoms with Gasteiger partial charge in [-0.05, 0) is 6.92 Å². The van der Waals surface area contributed by atoms with Crippen molar-refractivity contribution in [2.45, 2.75) is 6.92 Å². The van der Waals surface area contributed by atoms with E-state index in [9.17, 15) is 5.11 Å².